The second-order valence-corrected chi connectivity index (χ2v) is 4.48. The average Bonchev–Trinajstić information content (AvgIpc) is 2.63. The lowest BCUT2D eigenvalue weighted by molar-refractivity contribution is 0.0499. The molecule has 1 fully saturated rings. The lowest BCUT2D eigenvalue weighted by Crippen LogP contribution is -2.35. The topological polar surface area (TPSA) is 47.6 Å². The first-order valence-corrected chi connectivity index (χ1v) is 5.03. The Morgan fingerprint density at radius 3 is 2.64 bits per heavy atom. The van der Waals surface area contributed by atoms with Crippen molar-refractivity contribution in [3.05, 3.63) is 0 Å². The number of rotatable bonds is 3. The lowest BCUT2D eigenvalue weighted by atomic mass is 10.2. The normalized spacial score (nSPS) is 25.7. The standard InChI is InChI=1S/C10H19NO3/c1-5-13-8-6-7(8)11-9(12)14-10(2,3)4/h7-8H,5-6H2,1-4H3,(H,11,12). The molecular weight excluding hydrogens is 182 g/mol. The molecule has 0 bridgehead atoms. The van der Waals surface area contributed by atoms with Gasteiger partial charge >= 0.3 is 6.09 Å². The summed E-state index contributed by atoms with van der Waals surface area (Å²) in [6, 6.07) is 0.143. The molecular formula is C10H19NO3. The van der Waals surface area contributed by atoms with Gasteiger partial charge in [-0.3, -0.25) is 0 Å². The molecule has 1 aliphatic rings. The van der Waals surface area contributed by atoms with Gasteiger partial charge in [-0.05, 0) is 34.1 Å². The van der Waals surface area contributed by atoms with E-state index in [4.69, 9.17) is 9.47 Å². The Kier molecular flexibility index (Phi) is 3.37. The van der Waals surface area contributed by atoms with Crippen LogP contribution in [0.25, 0.3) is 0 Å². The number of hydrogen-bond donors (Lipinski definition) is 1. The molecule has 82 valence electrons. The average molecular weight is 201 g/mol. The lowest BCUT2D eigenvalue weighted by Gasteiger charge is -2.19. The van der Waals surface area contributed by atoms with E-state index in [1.54, 1.807) is 0 Å². The molecule has 4 nitrogen and oxygen atoms in total. The van der Waals surface area contributed by atoms with Gasteiger partial charge in [0.2, 0.25) is 0 Å². The number of hydrogen-bond acceptors (Lipinski definition) is 3. The fourth-order valence-electron chi connectivity index (χ4n) is 1.18. The number of amides is 1. The number of alkyl carbamates (subject to hydrolysis) is 1. The molecule has 1 aliphatic carbocycles. The van der Waals surface area contributed by atoms with Crippen molar-refractivity contribution in [2.75, 3.05) is 6.61 Å². The van der Waals surface area contributed by atoms with Crippen LogP contribution in [0.3, 0.4) is 0 Å². The number of nitrogens with one attached hydrogen (secondary N) is 1. The van der Waals surface area contributed by atoms with Crippen molar-refractivity contribution in [2.24, 2.45) is 0 Å². The molecule has 2 atom stereocenters. The Morgan fingerprint density at radius 1 is 1.50 bits per heavy atom. The van der Waals surface area contributed by atoms with Crippen LogP contribution in [0.2, 0.25) is 0 Å². The molecule has 1 amide bonds. The SMILES string of the molecule is CCOC1CC1NC(=O)OC(C)(C)C. The van der Waals surface area contributed by atoms with Gasteiger partial charge in [0.15, 0.2) is 0 Å². The zero-order valence-electron chi connectivity index (χ0n) is 9.29. The first-order valence-electron chi connectivity index (χ1n) is 5.03. The van der Waals surface area contributed by atoms with E-state index in [0.717, 1.165) is 6.42 Å². The van der Waals surface area contributed by atoms with E-state index in [1.807, 2.05) is 27.7 Å². The van der Waals surface area contributed by atoms with Crippen LogP contribution in [0.5, 0.6) is 0 Å². The van der Waals surface area contributed by atoms with E-state index in [-0.39, 0.29) is 18.2 Å². The van der Waals surface area contributed by atoms with E-state index in [2.05, 4.69) is 5.32 Å². The fraction of sp³-hybridized carbons (Fsp3) is 0.900. The quantitative estimate of drug-likeness (QED) is 0.755. The zero-order chi connectivity index (χ0) is 10.8. The van der Waals surface area contributed by atoms with Crippen LogP contribution in [-0.2, 0) is 9.47 Å². The summed E-state index contributed by atoms with van der Waals surface area (Å²) in [5, 5.41) is 2.76. The smallest absolute Gasteiger partial charge is 0.407 e. The highest BCUT2D eigenvalue weighted by molar-refractivity contribution is 5.68. The number of carbonyl (C=O) groups excluding carboxylic acids is 1. The highest BCUT2D eigenvalue weighted by Crippen LogP contribution is 2.25. The summed E-state index contributed by atoms with van der Waals surface area (Å²) in [4.78, 5) is 11.3. The molecule has 2 unspecified atom stereocenters. The van der Waals surface area contributed by atoms with Gasteiger partial charge in [0.1, 0.15) is 5.60 Å². The molecule has 0 aromatic carbocycles. The maximum atomic E-state index is 11.3. The number of carbonyl (C=O) groups is 1. The molecule has 0 aliphatic heterocycles. The molecule has 1 N–H and O–H groups in total. The highest BCUT2D eigenvalue weighted by Gasteiger charge is 2.40. The van der Waals surface area contributed by atoms with Gasteiger partial charge in [-0.15, -0.1) is 0 Å². The predicted molar refractivity (Wildman–Crippen MR) is 53.2 cm³/mol. The third-order valence-electron chi connectivity index (χ3n) is 1.81. The summed E-state index contributed by atoms with van der Waals surface area (Å²) < 4.78 is 10.4. The minimum atomic E-state index is -0.430. The van der Waals surface area contributed by atoms with Crippen LogP contribution in [0.1, 0.15) is 34.1 Å². The Bertz CT molecular complexity index is 210. The second-order valence-electron chi connectivity index (χ2n) is 4.48. The summed E-state index contributed by atoms with van der Waals surface area (Å²) >= 11 is 0. The van der Waals surface area contributed by atoms with Crippen LogP contribution < -0.4 is 5.32 Å². The molecule has 0 aromatic heterocycles. The summed E-state index contributed by atoms with van der Waals surface area (Å²) in [7, 11) is 0. The van der Waals surface area contributed by atoms with Gasteiger partial charge in [-0.1, -0.05) is 0 Å². The van der Waals surface area contributed by atoms with Gasteiger partial charge in [-0.25, -0.2) is 4.79 Å². The van der Waals surface area contributed by atoms with E-state index in [1.165, 1.54) is 0 Å². The van der Waals surface area contributed by atoms with Crippen LogP contribution >= 0.6 is 0 Å². The summed E-state index contributed by atoms with van der Waals surface area (Å²) in [6.07, 6.45) is 0.727. The second kappa shape index (κ2) is 4.17. The third kappa shape index (κ3) is 3.96. The largest absolute Gasteiger partial charge is 0.444 e. The molecule has 1 saturated carbocycles. The molecule has 0 saturated heterocycles. The molecule has 0 heterocycles. The summed E-state index contributed by atoms with van der Waals surface area (Å²) in [6.45, 7) is 8.18. The molecule has 0 aromatic rings. The van der Waals surface area contributed by atoms with Gasteiger partial charge in [0.05, 0.1) is 12.1 Å². The van der Waals surface area contributed by atoms with Crippen LogP contribution in [0, 0.1) is 0 Å². The van der Waals surface area contributed by atoms with Crippen molar-refractivity contribution in [2.45, 2.75) is 51.9 Å². The van der Waals surface area contributed by atoms with Gasteiger partial charge in [-0.2, -0.15) is 0 Å². The minimum Gasteiger partial charge on any atom is -0.444 e. The first kappa shape index (κ1) is 11.3. The molecule has 0 spiro atoms. The molecule has 0 radical (unpaired) electrons. The van der Waals surface area contributed by atoms with Crippen molar-refractivity contribution in [1.29, 1.82) is 0 Å². The highest BCUT2D eigenvalue weighted by atomic mass is 16.6. The Labute approximate surface area is 85.0 Å². The Morgan fingerprint density at radius 2 is 2.14 bits per heavy atom. The maximum absolute atomic E-state index is 11.3. The van der Waals surface area contributed by atoms with Crippen molar-refractivity contribution in [1.82, 2.24) is 5.32 Å². The molecule has 4 heteroatoms. The van der Waals surface area contributed by atoms with Gasteiger partial charge in [0, 0.05) is 6.61 Å². The fourth-order valence-corrected chi connectivity index (χ4v) is 1.18. The van der Waals surface area contributed by atoms with Crippen LogP contribution in [-0.4, -0.2) is 30.4 Å². The predicted octanol–water partition coefficient (Wildman–Crippen LogP) is 1.69. The summed E-state index contributed by atoms with van der Waals surface area (Å²) in [5.74, 6) is 0. The van der Waals surface area contributed by atoms with Crippen LogP contribution in [0.4, 0.5) is 4.79 Å². The minimum absolute atomic E-state index is 0.143. The maximum Gasteiger partial charge on any atom is 0.407 e. The van der Waals surface area contributed by atoms with E-state index in [0.29, 0.717) is 6.61 Å². The third-order valence-corrected chi connectivity index (χ3v) is 1.81. The van der Waals surface area contributed by atoms with Crippen LogP contribution in [0.15, 0.2) is 0 Å². The molecule has 1 rings (SSSR count). The van der Waals surface area contributed by atoms with Gasteiger partial charge < -0.3 is 14.8 Å². The van der Waals surface area contributed by atoms with Crippen molar-refractivity contribution in [3.8, 4) is 0 Å². The van der Waals surface area contributed by atoms with Crippen molar-refractivity contribution >= 4 is 6.09 Å². The van der Waals surface area contributed by atoms with Gasteiger partial charge in [0.25, 0.3) is 0 Å². The van der Waals surface area contributed by atoms with E-state index >= 15 is 0 Å². The van der Waals surface area contributed by atoms with E-state index in [9.17, 15) is 4.79 Å². The van der Waals surface area contributed by atoms with E-state index < -0.39 is 5.60 Å². The molecule has 14 heavy (non-hydrogen) atoms. The Balaban J connectivity index is 2.17. The Hall–Kier alpha value is -0.770. The zero-order valence-corrected chi connectivity index (χ0v) is 9.29. The summed E-state index contributed by atoms with van der Waals surface area (Å²) in [5.41, 5.74) is -0.430. The number of ether oxygens (including phenoxy) is 2. The van der Waals surface area contributed by atoms with Crippen molar-refractivity contribution < 1.29 is 14.3 Å². The monoisotopic (exact) mass is 201 g/mol. The van der Waals surface area contributed by atoms with Crippen molar-refractivity contribution in [3.63, 3.8) is 0 Å². The first-order chi connectivity index (χ1) is 6.42.